The van der Waals surface area contributed by atoms with Crippen LogP contribution in [0, 0.1) is 0 Å². The molecule has 0 bridgehead atoms. The summed E-state index contributed by atoms with van der Waals surface area (Å²) in [7, 11) is -1.64. The lowest BCUT2D eigenvalue weighted by molar-refractivity contribution is 0.0935. The van der Waals surface area contributed by atoms with E-state index in [4.69, 9.17) is 4.42 Å². The lowest BCUT2D eigenvalue weighted by atomic mass is 9.87. The lowest BCUT2D eigenvalue weighted by Crippen LogP contribution is -2.29. The Kier molecular flexibility index (Phi) is 7.27. The second kappa shape index (κ2) is 10.5. The van der Waals surface area contributed by atoms with Crippen LogP contribution >= 0.6 is 0 Å². The van der Waals surface area contributed by atoms with E-state index in [2.05, 4.69) is 30.6 Å². The second-order valence-corrected chi connectivity index (χ2v) is 13.1. The fourth-order valence-electron chi connectivity index (χ4n) is 4.66. The van der Waals surface area contributed by atoms with Crippen molar-refractivity contribution in [3.8, 4) is 11.3 Å². The number of anilines is 2. The molecule has 1 atom stereocenters. The van der Waals surface area contributed by atoms with Crippen molar-refractivity contribution in [1.82, 2.24) is 34.3 Å². The van der Waals surface area contributed by atoms with Gasteiger partial charge in [-0.25, -0.2) is 18.4 Å². The molecule has 1 N–H and O–H groups in total. The molecular formula is C27H32N8O4S. The zero-order chi connectivity index (χ0) is 28.7. The Labute approximate surface area is 232 Å². The van der Waals surface area contributed by atoms with Gasteiger partial charge in [-0.05, 0) is 35.6 Å². The molecule has 13 heteroatoms. The molecule has 40 heavy (non-hydrogen) atoms. The van der Waals surface area contributed by atoms with Gasteiger partial charge in [-0.3, -0.25) is 9.48 Å². The van der Waals surface area contributed by atoms with Crippen LogP contribution in [0.2, 0.25) is 0 Å². The van der Waals surface area contributed by atoms with E-state index >= 15 is 0 Å². The summed E-state index contributed by atoms with van der Waals surface area (Å²) in [5.74, 6) is 0.296. The van der Waals surface area contributed by atoms with Crippen LogP contribution in [0.5, 0.6) is 0 Å². The predicted octanol–water partition coefficient (Wildman–Crippen LogP) is 3.82. The predicted molar refractivity (Wildman–Crippen MR) is 149 cm³/mol. The Morgan fingerprint density at radius 2 is 2.00 bits per heavy atom. The molecule has 1 unspecified atom stereocenters. The molecule has 0 aliphatic carbocycles. The molecule has 5 rings (SSSR count). The number of ketones is 1. The van der Waals surface area contributed by atoms with Gasteiger partial charge in [0.1, 0.15) is 0 Å². The Balaban J connectivity index is 1.45. The van der Waals surface area contributed by atoms with E-state index in [0.717, 1.165) is 22.4 Å². The number of carbonyl (C=O) groups excluding carboxylic acids is 1. The third-order valence-electron chi connectivity index (χ3n) is 6.77. The SMILES string of the molecule is Cn1cc(Nc2nccc(-c3ccc4c(c3)CN(S(C)(=O)=O)CCC4CC(=O)c3nnc(C(C)(C)C)o3)n2)cn1. The van der Waals surface area contributed by atoms with Crippen LogP contribution in [0.1, 0.15) is 67.2 Å². The van der Waals surface area contributed by atoms with E-state index in [1.54, 1.807) is 23.1 Å². The van der Waals surface area contributed by atoms with Crippen LogP contribution < -0.4 is 5.32 Å². The number of Topliss-reactive ketones (excluding diaryl/α,β-unsaturated/α-hetero) is 1. The van der Waals surface area contributed by atoms with Gasteiger partial charge in [0.05, 0.1) is 23.8 Å². The standard InChI is InChI=1S/C27H32N8O4S/c1-27(2,3)25-33-32-24(39-25)23(36)13-17-9-11-35(40(5,37)38)15-19-12-18(6-7-21(17)19)22-8-10-28-26(31-22)30-20-14-29-34(4)16-20/h6-8,10,12,14,16-17H,9,11,13,15H2,1-5H3,(H,28,30,31). The highest BCUT2D eigenvalue weighted by atomic mass is 32.2. The summed E-state index contributed by atoms with van der Waals surface area (Å²) in [5, 5.41) is 15.3. The van der Waals surface area contributed by atoms with Gasteiger partial charge < -0.3 is 9.73 Å². The number of nitrogens with zero attached hydrogens (tertiary/aromatic N) is 7. The van der Waals surface area contributed by atoms with E-state index in [1.807, 2.05) is 52.2 Å². The van der Waals surface area contributed by atoms with E-state index in [0.29, 0.717) is 30.5 Å². The minimum Gasteiger partial charge on any atom is -0.418 e. The van der Waals surface area contributed by atoms with Gasteiger partial charge in [-0.2, -0.15) is 9.40 Å². The van der Waals surface area contributed by atoms with Crippen LogP contribution in [0.15, 0.2) is 47.3 Å². The third kappa shape index (κ3) is 6.10. The fraction of sp³-hybridized carbons (Fsp3) is 0.407. The largest absolute Gasteiger partial charge is 0.418 e. The number of fused-ring (bicyclic) bond motifs is 1. The van der Waals surface area contributed by atoms with Crippen LogP contribution in [-0.2, 0) is 29.0 Å². The molecule has 0 saturated carbocycles. The number of nitrogens with one attached hydrogen (secondary N) is 1. The lowest BCUT2D eigenvalue weighted by Gasteiger charge is -2.18. The quantitative estimate of drug-likeness (QED) is 0.328. The van der Waals surface area contributed by atoms with Crippen molar-refractivity contribution in [2.45, 2.75) is 51.5 Å². The number of benzene rings is 1. The summed E-state index contributed by atoms with van der Waals surface area (Å²) in [6, 6.07) is 7.63. The van der Waals surface area contributed by atoms with Gasteiger partial charge in [0.25, 0.3) is 5.89 Å². The van der Waals surface area contributed by atoms with Gasteiger partial charge >= 0.3 is 0 Å². The minimum absolute atomic E-state index is 0.0260. The topological polar surface area (TPSA) is 149 Å². The first-order chi connectivity index (χ1) is 18.9. The zero-order valence-electron chi connectivity index (χ0n) is 23.1. The number of hydrogen-bond acceptors (Lipinski definition) is 10. The first kappa shape index (κ1) is 27.6. The molecule has 4 heterocycles. The average Bonchev–Trinajstić information content (AvgIpc) is 3.50. The van der Waals surface area contributed by atoms with Gasteiger partial charge in [-0.15, -0.1) is 10.2 Å². The molecule has 0 fully saturated rings. The molecule has 3 aromatic heterocycles. The minimum atomic E-state index is -3.46. The van der Waals surface area contributed by atoms with Gasteiger partial charge in [0.2, 0.25) is 27.6 Å². The van der Waals surface area contributed by atoms with Crippen molar-refractivity contribution in [1.29, 1.82) is 0 Å². The Morgan fingerprint density at radius 1 is 1.20 bits per heavy atom. The molecule has 12 nitrogen and oxygen atoms in total. The number of hydrogen-bond donors (Lipinski definition) is 1. The van der Waals surface area contributed by atoms with E-state index in [1.165, 1.54) is 10.6 Å². The smallest absolute Gasteiger partial charge is 0.284 e. The zero-order valence-corrected chi connectivity index (χ0v) is 23.9. The molecule has 1 aliphatic rings. The van der Waals surface area contributed by atoms with Gasteiger partial charge in [0, 0.05) is 49.9 Å². The van der Waals surface area contributed by atoms with Gasteiger partial charge in [-0.1, -0.05) is 32.9 Å². The van der Waals surface area contributed by atoms with Gasteiger partial charge in [0.15, 0.2) is 0 Å². The van der Waals surface area contributed by atoms with Crippen LogP contribution in [0.4, 0.5) is 11.6 Å². The van der Waals surface area contributed by atoms with Crippen LogP contribution in [0.25, 0.3) is 11.3 Å². The summed E-state index contributed by atoms with van der Waals surface area (Å²) in [5.41, 5.74) is 3.60. The van der Waals surface area contributed by atoms with Crippen LogP contribution in [0.3, 0.4) is 0 Å². The third-order valence-corrected chi connectivity index (χ3v) is 8.02. The highest BCUT2D eigenvalue weighted by Crippen LogP contribution is 2.35. The van der Waals surface area contributed by atoms with Crippen molar-refractivity contribution in [3.05, 3.63) is 65.8 Å². The highest BCUT2D eigenvalue weighted by molar-refractivity contribution is 7.88. The summed E-state index contributed by atoms with van der Waals surface area (Å²) in [6.07, 6.45) is 6.97. The molecule has 1 aliphatic heterocycles. The summed E-state index contributed by atoms with van der Waals surface area (Å²) >= 11 is 0. The molecule has 0 spiro atoms. The second-order valence-electron chi connectivity index (χ2n) is 11.1. The number of rotatable bonds is 7. The number of aryl methyl sites for hydroxylation is 1. The summed E-state index contributed by atoms with van der Waals surface area (Å²) in [4.78, 5) is 22.1. The number of sulfonamides is 1. The number of carbonyl (C=O) groups is 1. The highest BCUT2D eigenvalue weighted by Gasteiger charge is 2.31. The Hall–Kier alpha value is -3.97. The molecule has 210 valence electrons. The van der Waals surface area contributed by atoms with E-state index < -0.39 is 10.0 Å². The van der Waals surface area contributed by atoms with Crippen LogP contribution in [-0.4, -0.2) is 61.3 Å². The normalized spacial score (nSPS) is 16.4. The molecule has 0 amide bonds. The maximum absolute atomic E-state index is 13.2. The fourth-order valence-corrected chi connectivity index (χ4v) is 5.48. The van der Waals surface area contributed by atoms with Crippen molar-refractivity contribution in [3.63, 3.8) is 0 Å². The maximum Gasteiger partial charge on any atom is 0.284 e. The van der Waals surface area contributed by atoms with E-state index in [9.17, 15) is 13.2 Å². The van der Waals surface area contributed by atoms with Crippen molar-refractivity contribution in [2.75, 3.05) is 18.1 Å². The molecule has 0 radical (unpaired) electrons. The first-order valence-electron chi connectivity index (χ1n) is 12.9. The summed E-state index contributed by atoms with van der Waals surface area (Å²) < 4.78 is 33.9. The molecule has 1 aromatic carbocycles. The number of aromatic nitrogens is 6. The molecule has 0 saturated heterocycles. The molecule has 4 aromatic rings. The Morgan fingerprint density at radius 3 is 2.67 bits per heavy atom. The average molecular weight is 565 g/mol. The Bertz CT molecular complexity index is 1650. The van der Waals surface area contributed by atoms with Crippen molar-refractivity contribution < 1.29 is 17.6 Å². The van der Waals surface area contributed by atoms with Crippen molar-refractivity contribution in [2.24, 2.45) is 7.05 Å². The van der Waals surface area contributed by atoms with Crippen molar-refractivity contribution >= 4 is 27.4 Å². The molecular weight excluding hydrogens is 532 g/mol. The summed E-state index contributed by atoms with van der Waals surface area (Å²) in [6.45, 7) is 6.30. The first-order valence-corrected chi connectivity index (χ1v) is 14.8. The van der Waals surface area contributed by atoms with E-state index in [-0.39, 0.29) is 36.0 Å². The maximum atomic E-state index is 13.2. The monoisotopic (exact) mass is 564 g/mol.